The summed E-state index contributed by atoms with van der Waals surface area (Å²) in [5.41, 5.74) is 1.20. The van der Waals surface area contributed by atoms with Gasteiger partial charge in [-0.1, -0.05) is 44.2 Å². The molecule has 0 aliphatic heterocycles. The fraction of sp³-hybridized carbons (Fsp3) is 0.542. The summed E-state index contributed by atoms with van der Waals surface area (Å²) in [5, 5.41) is 4.49. The van der Waals surface area contributed by atoms with Crippen molar-refractivity contribution in [3.63, 3.8) is 0 Å². The summed E-state index contributed by atoms with van der Waals surface area (Å²) in [6.07, 6.45) is 9.01. The number of methoxy groups -OCH3 is 1. The van der Waals surface area contributed by atoms with Crippen LogP contribution < -0.4 is 10.1 Å². The molecule has 5 heteroatoms. The first kappa shape index (κ1) is 21.7. The lowest BCUT2D eigenvalue weighted by atomic mass is 9.97. The number of nitrogens with zero attached hydrogens (tertiary/aromatic N) is 1. The Morgan fingerprint density at radius 2 is 1.76 bits per heavy atom. The highest BCUT2D eigenvalue weighted by atomic mass is 32.1. The molecule has 158 valence electrons. The Kier molecular flexibility index (Phi) is 7.99. The first-order valence-electron chi connectivity index (χ1n) is 10.8. The van der Waals surface area contributed by atoms with Gasteiger partial charge in [-0.25, -0.2) is 0 Å². The fourth-order valence-corrected chi connectivity index (χ4v) is 4.43. The van der Waals surface area contributed by atoms with Crippen LogP contribution in [0.4, 0.5) is 0 Å². The van der Waals surface area contributed by atoms with Gasteiger partial charge in [0.1, 0.15) is 17.3 Å². The maximum Gasteiger partial charge on any atom is 0.170 e. The minimum atomic E-state index is 0.125. The Balaban J connectivity index is 1.75. The second-order valence-electron chi connectivity index (χ2n) is 8.08. The molecular weight excluding hydrogens is 380 g/mol. The van der Waals surface area contributed by atoms with Gasteiger partial charge < -0.3 is 19.4 Å². The number of hydrogen-bond donors (Lipinski definition) is 1. The van der Waals surface area contributed by atoms with Crippen LogP contribution in [0.3, 0.4) is 0 Å². The van der Waals surface area contributed by atoms with Crippen LogP contribution in [-0.4, -0.2) is 23.2 Å². The Bertz CT molecular complexity index is 763. The van der Waals surface area contributed by atoms with Gasteiger partial charge in [0.2, 0.25) is 0 Å². The fourth-order valence-electron chi connectivity index (χ4n) is 4.04. The summed E-state index contributed by atoms with van der Waals surface area (Å²) >= 11 is 5.91. The molecule has 0 amide bonds. The van der Waals surface area contributed by atoms with E-state index in [9.17, 15) is 0 Å². The number of rotatable bonds is 6. The Morgan fingerprint density at radius 3 is 2.34 bits per heavy atom. The van der Waals surface area contributed by atoms with Crippen LogP contribution in [0.1, 0.15) is 75.0 Å². The molecule has 4 nitrogen and oxygen atoms in total. The minimum Gasteiger partial charge on any atom is -0.497 e. The molecule has 1 N–H and O–H groups in total. The van der Waals surface area contributed by atoms with Gasteiger partial charge in [-0.05, 0) is 68.7 Å². The van der Waals surface area contributed by atoms with Crippen LogP contribution in [0.25, 0.3) is 0 Å². The Labute approximate surface area is 180 Å². The zero-order valence-corrected chi connectivity index (χ0v) is 18.8. The van der Waals surface area contributed by atoms with Crippen molar-refractivity contribution in [2.75, 3.05) is 7.11 Å². The molecule has 0 spiro atoms. The van der Waals surface area contributed by atoms with E-state index >= 15 is 0 Å². The molecule has 1 fully saturated rings. The molecule has 0 radical (unpaired) electrons. The molecule has 1 aromatic heterocycles. The average Bonchev–Trinajstić information content (AvgIpc) is 3.12. The van der Waals surface area contributed by atoms with Gasteiger partial charge in [0, 0.05) is 6.04 Å². The van der Waals surface area contributed by atoms with Gasteiger partial charge in [0.05, 0.1) is 19.7 Å². The summed E-state index contributed by atoms with van der Waals surface area (Å²) in [6, 6.07) is 12.9. The van der Waals surface area contributed by atoms with Crippen LogP contribution in [0, 0.1) is 6.92 Å². The highest BCUT2D eigenvalue weighted by Crippen LogP contribution is 2.26. The number of hydrogen-bond acceptors (Lipinski definition) is 3. The average molecular weight is 415 g/mol. The maximum absolute atomic E-state index is 5.91. The van der Waals surface area contributed by atoms with E-state index in [2.05, 4.69) is 29.3 Å². The lowest BCUT2D eigenvalue weighted by Gasteiger charge is -2.34. The van der Waals surface area contributed by atoms with Gasteiger partial charge in [-0.3, -0.25) is 0 Å². The van der Waals surface area contributed by atoms with Crippen LogP contribution in [-0.2, 0) is 6.54 Å². The Morgan fingerprint density at radius 1 is 1.10 bits per heavy atom. The predicted octanol–water partition coefficient (Wildman–Crippen LogP) is 6.15. The highest BCUT2D eigenvalue weighted by Gasteiger charge is 2.23. The van der Waals surface area contributed by atoms with Crippen molar-refractivity contribution in [1.29, 1.82) is 0 Å². The number of ether oxygens (including phenoxy) is 1. The van der Waals surface area contributed by atoms with E-state index in [-0.39, 0.29) is 6.04 Å². The van der Waals surface area contributed by atoms with Crippen LogP contribution in [0.5, 0.6) is 5.75 Å². The summed E-state index contributed by atoms with van der Waals surface area (Å²) < 4.78 is 11.2. The molecule has 3 rings (SSSR count). The SMILES string of the molecule is COc1ccc(C(C)N(Cc2ccc(C)o2)C(=S)NC2CCCCCCC2)cc1. The molecule has 1 aliphatic carbocycles. The number of thiocarbonyl (C=S) groups is 1. The van der Waals surface area contributed by atoms with E-state index in [1.54, 1.807) is 7.11 Å². The van der Waals surface area contributed by atoms with E-state index in [4.69, 9.17) is 21.4 Å². The molecule has 0 saturated heterocycles. The first-order chi connectivity index (χ1) is 14.1. The van der Waals surface area contributed by atoms with Crippen molar-refractivity contribution >= 4 is 17.3 Å². The zero-order chi connectivity index (χ0) is 20.6. The topological polar surface area (TPSA) is 37.6 Å². The summed E-state index contributed by atoms with van der Waals surface area (Å²) in [4.78, 5) is 2.24. The number of furan rings is 1. The molecule has 1 aliphatic rings. The minimum absolute atomic E-state index is 0.125. The summed E-state index contributed by atoms with van der Waals surface area (Å²) in [5.74, 6) is 2.73. The van der Waals surface area contributed by atoms with Gasteiger partial charge in [-0.15, -0.1) is 0 Å². The van der Waals surface area contributed by atoms with Gasteiger partial charge in [0.15, 0.2) is 5.11 Å². The third-order valence-electron chi connectivity index (χ3n) is 5.88. The number of aryl methyl sites for hydroxylation is 1. The quantitative estimate of drug-likeness (QED) is 0.574. The molecule has 29 heavy (non-hydrogen) atoms. The molecule has 2 aromatic rings. The summed E-state index contributed by atoms with van der Waals surface area (Å²) in [6.45, 7) is 4.83. The van der Waals surface area contributed by atoms with E-state index < -0.39 is 0 Å². The van der Waals surface area contributed by atoms with Crippen molar-refractivity contribution in [1.82, 2.24) is 10.2 Å². The van der Waals surface area contributed by atoms with E-state index in [1.807, 2.05) is 31.2 Å². The molecule has 1 aromatic carbocycles. The normalized spacial score (nSPS) is 16.5. The lowest BCUT2D eigenvalue weighted by molar-refractivity contribution is 0.285. The lowest BCUT2D eigenvalue weighted by Crippen LogP contribution is -2.45. The second kappa shape index (κ2) is 10.7. The van der Waals surface area contributed by atoms with Gasteiger partial charge >= 0.3 is 0 Å². The molecule has 1 atom stereocenters. The maximum atomic E-state index is 5.91. The Hall–Kier alpha value is -2.01. The van der Waals surface area contributed by atoms with Crippen LogP contribution >= 0.6 is 12.2 Å². The smallest absolute Gasteiger partial charge is 0.170 e. The van der Waals surface area contributed by atoms with Gasteiger partial charge in [0.25, 0.3) is 0 Å². The number of nitrogens with one attached hydrogen (secondary N) is 1. The first-order valence-corrected chi connectivity index (χ1v) is 11.2. The predicted molar refractivity (Wildman–Crippen MR) is 122 cm³/mol. The van der Waals surface area contributed by atoms with Crippen LogP contribution in [0.15, 0.2) is 40.8 Å². The summed E-state index contributed by atoms with van der Waals surface area (Å²) in [7, 11) is 1.69. The second-order valence-corrected chi connectivity index (χ2v) is 8.47. The molecule has 1 heterocycles. The van der Waals surface area contributed by atoms with Crippen molar-refractivity contribution in [2.24, 2.45) is 0 Å². The van der Waals surface area contributed by atoms with Crippen LogP contribution in [0.2, 0.25) is 0 Å². The van der Waals surface area contributed by atoms with E-state index in [1.165, 1.54) is 50.5 Å². The monoisotopic (exact) mass is 414 g/mol. The molecule has 1 saturated carbocycles. The third-order valence-corrected chi connectivity index (χ3v) is 6.23. The highest BCUT2D eigenvalue weighted by molar-refractivity contribution is 7.80. The van der Waals surface area contributed by atoms with E-state index in [0.29, 0.717) is 12.6 Å². The zero-order valence-electron chi connectivity index (χ0n) is 17.9. The van der Waals surface area contributed by atoms with E-state index in [0.717, 1.165) is 22.4 Å². The molecule has 0 bridgehead atoms. The standard InChI is InChI=1S/C24H34N2O2S/c1-18-11-14-23(28-18)17-26(19(2)20-12-15-22(27-3)16-13-20)24(29)25-21-9-7-5-4-6-8-10-21/h11-16,19,21H,4-10,17H2,1-3H3,(H,25,29). The van der Waals surface area contributed by atoms with Crippen molar-refractivity contribution < 1.29 is 9.15 Å². The largest absolute Gasteiger partial charge is 0.497 e. The molecule has 1 unspecified atom stereocenters. The van der Waals surface area contributed by atoms with Crippen molar-refractivity contribution in [3.05, 3.63) is 53.5 Å². The number of benzene rings is 1. The van der Waals surface area contributed by atoms with Gasteiger partial charge in [-0.2, -0.15) is 0 Å². The van der Waals surface area contributed by atoms with Crippen molar-refractivity contribution in [3.8, 4) is 5.75 Å². The third kappa shape index (κ3) is 6.23. The molecular formula is C24H34N2O2S. The van der Waals surface area contributed by atoms with Crippen molar-refractivity contribution in [2.45, 2.75) is 77.4 Å².